The van der Waals surface area contributed by atoms with Crippen LogP contribution in [0.2, 0.25) is 0 Å². The Balaban J connectivity index is 1.81. The van der Waals surface area contributed by atoms with Crippen LogP contribution in [0, 0.1) is 0 Å². The molecule has 0 saturated carbocycles. The second-order valence-corrected chi connectivity index (χ2v) is 6.39. The number of nitrogens with one attached hydrogen (secondary N) is 1. The molecule has 116 valence electrons. The summed E-state index contributed by atoms with van der Waals surface area (Å²) in [5.74, 6) is 0. The Morgan fingerprint density at radius 3 is 2.86 bits per heavy atom. The van der Waals surface area contributed by atoms with Gasteiger partial charge < -0.3 is 14.8 Å². The third-order valence-corrected chi connectivity index (χ3v) is 4.79. The van der Waals surface area contributed by atoms with Crippen molar-refractivity contribution in [3.05, 3.63) is 52.8 Å². The predicted molar refractivity (Wildman–Crippen MR) is 91.9 cm³/mol. The number of aromatic nitrogens is 1. The molecule has 0 spiro atoms. The average molecular weight is 362 g/mol. The number of anilines is 1. The average Bonchev–Trinajstić information content (AvgIpc) is 2.99. The lowest BCUT2D eigenvalue weighted by atomic mass is 10.0. The number of benzene rings is 1. The number of nitrogens with zero attached hydrogens (tertiary/aromatic N) is 2. The monoisotopic (exact) mass is 361 g/mol. The van der Waals surface area contributed by atoms with Gasteiger partial charge in [0.2, 0.25) is 0 Å². The van der Waals surface area contributed by atoms with Gasteiger partial charge >= 0.3 is 6.03 Å². The fraction of sp³-hybridized carbons (Fsp3) is 0.353. The summed E-state index contributed by atoms with van der Waals surface area (Å²) in [5.41, 5.74) is 2.04. The highest BCUT2D eigenvalue weighted by Crippen LogP contribution is 2.31. The molecular formula is C17H20BrN3O. The molecule has 1 aliphatic rings. The number of carbonyl (C=O) groups is 1. The van der Waals surface area contributed by atoms with Crippen LogP contribution in [0.5, 0.6) is 0 Å². The predicted octanol–water partition coefficient (Wildman–Crippen LogP) is 4.64. The molecule has 1 atom stereocenters. The lowest BCUT2D eigenvalue weighted by Gasteiger charge is -2.37. The molecule has 2 heterocycles. The maximum absolute atomic E-state index is 12.7. The standard InChI is InChI=1S/C17H20BrN3O/c1-2-6-16-15-9-5-10-20(15)11-12-21(16)17(22)19-14-8-4-3-7-13(14)18/h3-5,7-10,16H,2,6,11-12H2,1H3,(H,19,22)/t16-/m1/s1. The van der Waals surface area contributed by atoms with E-state index in [0.717, 1.165) is 36.1 Å². The smallest absolute Gasteiger partial charge is 0.322 e. The van der Waals surface area contributed by atoms with Gasteiger partial charge in [-0.25, -0.2) is 4.79 Å². The van der Waals surface area contributed by atoms with Gasteiger partial charge in [-0.3, -0.25) is 0 Å². The number of amides is 2. The lowest BCUT2D eigenvalue weighted by molar-refractivity contribution is 0.163. The maximum atomic E-state index is 12.7. The summed E-state index contributed by atoms with van der Waals surface area (Å²) in [7, 11) is 0. The Kier molecular flexibility index (Phi) is 4.52. The molecule has 0 aliphatic carbocycles. The number of halogens is 1. The molecule has 1 aliphatic heterocycles. The van der Waals surface area contributed by atoms with Crippen molar-refractivity contribution in [2.24, 2.45) is 0 Å². The molecule has 22 heavy (non-hydrogen) atoms. The van der Waals surface area contributed by atoms with Crippen LogP contribution in [0.25, 0.3) is 0 Å². The number of carbonyl (C=O) groups excluding carboxylic acids is 1. The van der Waals surface area contributed by atoms with Crippen LogP contribution in [0.4, 0.5) is 10.5 Å². The minimum absolute atomic E-state index is 0.0298. The van der Waals surface area contributed by atoms with E-state index in [1.807, 2.05) is 29.2 Å². The zero-order valence-electron chi connectivity index (χ0n) is 12.6. The number of hydrogen-bond donors (Lipinski definition) is 1. The van der Waals surface area contributed by atoms with E-state index in [-0.39, 0.29) is 12.1 Å². The minimum atomic E-state index is -0.0298. The summed E-state index contributed by atoms with van der Waals surface area (Å²) < 4.78 is 3.15. The number of fused-ring (bicyclic) bond motifs is 1. The first kappa shape index (κ1) is 15.2. The highest BCUT2D eigenvalue weighted by molar-refractivity contribution is 9.10. The first-order valence-electron chi connectivity index (χ1n) is 7.68. The van der Waals surface area contributed by atoms with Crippen molar-refractivity contribution in [2.45, 2.75) is 32.4 Å². The zero-order chi connectivity index (χ0) is 15.5. The largest absolute Gasteiger partial charge is 0.348 e. The molecule has 3 rings (SSSR count). The summed E-state index contributed by atoms with van der Waals surface area (Å²) in [6.45, 7) is 3.75. The van der Waals surface area contributed by atoms with Crippen molar-refractivity contribution < 1.29 is 4.79 Å². The van der Waals surface area contributed by atoms with Crippen LogP contribution in [-0.4, -0.2) is 22.0 Å². The maximum Gasteiger partial charge on any atom is 0.322 e. The van der Waals surface area contributed by atoms with Gasteiger partial charge in [0.25, 0.3) is 0 Å². The fourth-order valence-corrected chi connectivity index (χ4v) is 3.42. The SMILES string of the molecule is CCC[C@@H]1c2cccn2CCN1C(=O)Nc1ccccc1Br. The second kappa shape index (κ2) is 6.57. The molecule has 0 fully saturated rings. The molecule has 0 bridgehead atoms. The third-order valence-electron chi connectivity index (χ3n) is 4.10. The van der Waals surface area contributed by atoms with Crippen molar-refractivity contribution in [3.63, 3.8) is 0 Å². The molecule has 1 aromatic heterocycles. The quantitative estimate of drug-likeness (QED) is 0.849. The first-order valence-corrected chi connectivity index (χ1v) is 8.47. The summed E-state index contributed by atoms with van der Waals surface area (Å²) in [5, 5.41) is 3.02. The van der Waals surface area contributed by atoms with E-state index < -0.39 is 0 Å². The number of para-hydroxylation sites is 1. The van der Waals surface area contributed by atoms with Crippen molar-refractivity contribution >= 4 is 27.6 Å². The Bertz CT molecular complexity index is 667. The second-order valence-electron chi connectivity index (χ2n) is 5.53. The molecular weight excluding hydrogens is 342 g/mol. The Morgan fingerprint density at radius 1 is 1.27 bits per heavy atom. The van der Waals surface area contributed by atoms with Gasteiger partial charge in [0.1, 0.15) is 0 Å². The molecule has 2 aromatic rings. The van der Waals surface area contributed by atoms with Crippen LogP contribution < -0.4 is 5.32 Å². The van der Waals surface area contributed by atoms with Crippen molar-refractivity contribution in [3.8, 4) is 0 Å². The molecule has 1 N–H and O–H groups in total. The van der Waals surface area contributed by atoms with Crippen LogP contribution in [0.3, 0.4) is 0 Å². The van der Waals surface area contributed by atoms with Crippen LogP contribution in [-0.2, 0) is 6.54 Å². The number of hydrogen-bond acceptors (Lipinski definition) is 1. The van der Waals surface area contributed by atoms with Gasteiger partial charge in [-0.05, 0) is 46.6 Å². The molecule has 1 aromatic carbocycles. The van der Waals surface area contributed by atoms with Crippen molar-refractivity contribution in [2.75, 3.05) is 11.9 Å². The van der Waals surface area contributed by atoms with Gasteiger partial charge in [0, 0.05) is 29.5 Å². The van der Waals surface area contributed by atoms with Gasteiger partial charge in [-0.2, -0.15) is 0 Å². The summed E-state index contributed by atoms with van der Waals surface area (Å²) in [4.78, 5) is 14.7. The van der Waals surface area contributed by atoms with Gasteiger partial charge in [0.15, 0.2) is 0 Å². The van der Waals surface area contributed by atoms with Crippen molar-refractivity contribution in [1.29, 1.82) is 0 Å². The normalized spacial score (nSPS) is 17.2. The Labute approximate surface area is 139 Å². The molecule has 0 saturated heterocycles. The van der Waals surface area contributed by atoms with E-state index in [9.17, 15) is 4.79 Å². The van der Waals surface area contributed by atoms with E-state index in [4.69, 9.17) is 0 Å². The highest BCUT2D eigenvalue weighted by atomic mass is 79.9. The van der Waals surface area contributed by atoms with E-state index in [1.165, 1.54) is 5.69 Å². The molecule has 5 heteroatoms. The highest BCUT2D eigenvalue weighted by Gasteiger charge is 2.30. The minimum Gasteiger partial charge on any atom is -0.348 e. The lowest BCUT2D eigenvalue weighted by Crippen LogP contribution is -2.44. The zero-order valence-corrected chi connectivity index (χ0v) is 14.2. The third kappa shape index (κ3) is 2.90. The van der Waals surface area contributed by atoms with Crippen LogP contribution >= 0.6 is 15.9 Å². The molecule has 0 radical (unpaired) electrons. The topological polar surface area (TPSA) is 37.3 Å². The van der Waals surface area contributed by atoms with E-state index in [1.54, 1.807) is 0 Å². The molecule has 2 amide bonds. The van der Waals surface area contributed by atoms with Gasteiger partial charge in [-0.1, -0.05) is 25.5 Å². The van der Waals surface area contributed by atoms with Crippen LogP contribution in [0.1, 0.15) is 31.5 Å². The summed E-state index contributed by atoms with van der Waals surface area (Å²) >= 11 is 3.48. The van der Waals surface area contributed by atoms with Gasteiger partial charge in [0.05, 0.1) is 11.7 Å². The summed E-state index contributed by atoms with van der Waals surface area (Å²) in [6.07, 6.45) is 4.13. The van der Waals surface area contributed by atoms with E-state index in [2.05, 4.69) is 51.1 Å². The summed E-state index contributed by atoms with van der Waals surface area (Å²) in [6, 6.07) is 12.0. The number of urea groups is 1. The molecule has 0 unspecified atom stereocenters. The first-order chi connectivity index (χ1) is 10.7. The van der Waals surface area contributed by atoms with Crippen molar-refractivity contribution in [1.82, 2.24) is 9.47 Å². The fourth-order valence-electron chi connectivity index (χ4n) is 3.03. The molecule has 4 nitrogen and oxygen atoms in total. The Morgan fingerprint density at radius 2 is 2.09 bits per heavy atom. The van der Waals surface area contributed by atoms with E-state index >= 15 is 0 Å². The van der Waals surface area contributed by atoms with Crippen LogP contribution in [0.15, 0.2) is 47.1 Å². The number of rotatable bonds is 3. The Hall–Kier alpha value is -1.75. The van der Waals surface area contributed by atoms with E-state index in [0.29, 0.717) is 0 Å². The van der Waals surface area contributed by atoms with Gasteiger partial charge in [-0.15, -0.1) is 0 Å².